The lowest BCUT2D eigenvalue weighted by molar-refractivity contribution is -0.223. The molecule has 34 heavy (non-hydrogen) atoms. The first-order valence-corrected chi connectivity index (χ1v) is 12.3. The summed E-state index contributed by atoms with van der Waals surface area (Å²) in [4.78, 5) is 37.4. The molecule has 3 fully saturated rings. The summed E-state index contributed by atoms with van der Waals surface area (Å²) < 4.78 is 16.6. The quantitative estimate of drug-likeness (QED) is 0.466. The van der Waals surface area contributed by atoms with Crippen molar-refractivity contribution < 1.29 is 33.7 Å². The van der Waals surface area contributed by atoms with Crippen LogP contribution in [0.25, 0.3) is 0 Å². The molecule has 0 unspecified atom stereocenters. The molecule has 0 aromatic carbocycles. The van der Waals surface area contributed by atoms with E-state index in [1.807, 2.05) is 13.0 Å². The Kier molecular flexibility index (Phi) is 6.45. The first-order chi connectivity index (χ1) is 15.9. The lowest BCUT2D eigenvalue weighted by Gasteiger charge is -2.61. The van der Waals surface area contributed by atoms with E-state index in [0.717, 1.165) is 18.4 Å². The van der Waals surface area contributed by atoms with Crippen molar-refractivity contribution in [3.63, 3.8) is 0 Å². The Labute approximate surface area is 201 Å². The van der Waals surface area contributed by atoms with Crippen LogP contribution >= 0.6 is 0 Å². The van der Waals surface area contributed by atoms with Crippen molar-refractivity contribution in [2.45, 2.75) is 65.6 Å². The Morgan fingerprint density at radius 1 is 1.21 bits per heavy atom. The first-order valence-electron chi connectivity index (χ1n) is 12.3. The van der Waals surface area contributed by atoms with Crippen molar-refractivity contribution in [1.29, 1.82) is 0 Å². The molecule has 0 aliphatic heterocycles. The van der Waals surface area contributed by atoms with Crippen molar-refractivity contribution in [2.24, 2.45) is 40.4 Å². The number of aliphatic hydroxyl groups is 1. The third-order valence-corrected chi connectivity index (χ3v) is 9.58. The van der Waals surface area contributed by atoms with Gasteiger partial charge in [-0.15, -0.1) is 0 Å². The van der Waals surface area contributed by atoms with Gasteiger partial charge < -0.3 is 19.3 Å². The maximum absolute atomic E-state index is 13.7. The van der Waals surface area contributed by atoms with E-state index in [1.54, 1.807) is 12.2 Å². The van der Waals surface area contributed by atoms with Gasteiger partial charge in [0.2, 0.25) is 5.78 Å². The molecular weight excluding hydrogens is 436 g/mol. The van der Waals surface area contributed by atoms with E-state index in [9.17, 15) is 19.5 Å². The van der Waals surface area contributed by atoms with Crippen LogP contribution in [0.2, 0.25) is 0 Å². The van der Waals surface area contributed by atoms with Crippen LogP contribution in [0.4, 0.5) is 0 Å². The predicted octanol–water partition coefficient (Wildman–Crippen LogP) is 3.25. The number of rotatable bonds is 6. The predicted molar refractivity (Wildman–Crippen MR) is 124 cm³/mol. The standard InChI is InChI=1S/C27H38O7/c1-15-9-19-21-10-16(2)27(34-14-32-6,23(31)13-33-17(3)28)26(21,5)12-22(30)24(19)25(4)8-7-18(29)11-20(15)25/h7-8,11,15-16,19,21-22,24,30H,9-10,12-14H2,1-6H3/t15-,16-,19-,21-,22-,24+,25-,26-,27-/m0/s1. The van der Waals surface area contributed by atoms with Crippen molar-refractivity contribution in [3.05, 3.63) is 23.8 Å². The zero-order valence-electron chi connectivity index (χ0n) is 21.1. The van der Waals surface area contributed by atoms with Gasteiger partial charge in [-0.05, 0) is 55.1 Å². The van der Waals surface area contributed by atoms with E-state index in [2.05, 4.69) is 20.8 Å². The van der Waals surface area contributed by atoms with Crippen LogP contribution in [0.1, 0.15) is 53.9 Å². The molecule has 0 aromatic heterocycles. The fraction of sp³-hybridized carbons (Fsp3) is 0.741. The van der Waals surface area contributed by atoms with Crippen LogP contribution in [0.5, 0.6) is 0 Å². The minimum atomic E-state index is -1.23. The van der Waals surface area contributed by atoms with Gasteiger partial charge in [0.1, 0.15) is 12.4 Å². The molecule has 0 spiro atoms. The molecular formula is C27H38O7. The molecule has 0 amide bonds. The molecule has 1 N–H and O–H groups in total. The van der Waals surface area contributed by atoms with E-state index in [0.29, 0.717) is 6.42 Å². The Balaban J connectivity index is 1.78. The number of fused-ring (bicyclic) bond motifs is 5. The van der Waals surface area contributed by atoms with Crippen molar-refractivity contribution in [2.75, 3.05) is 20.5 Å². The van der Waals surface area contributed by atoms with E-state index >= 15 is 0 Å². The molecule has 0 bridgehead atoms. The van der Waals surface area contributed by atoms with Crippen molar-refractivity contribution in [1.82, 2.24) is 0 Å². The number of aliphatic hydroxyl groups excluding tert-OH is 1. The van der Waals surface area contributed by atoms with Gasteiger partial charge in [-0.3, -0.25) is 14.4 Å². The molecule has 0 aromatic rings. The lowest BCUT2D eigenvalue weighted by atomic mass is 9.44. The maximum Gasteiger partial charge on any atom is 0.303 e. The minimum Gasteiger partial charge on any atom is -0.458 e. The minimum absolute atomic E-state index is 0.00505. The monoisotopic (exact) mass is 474 g/mol. The highest BCUT2D eigenvalue weighted by atomic mass is 16.7. The van der Waals surface area contributed by atoms with E-state index in [-0.39, 0.29) is 54.6 Å². The Hall–Kier alpha value is -1.83. The lowest BCUT2D eigenvalue weighted by Crippen LogP contribution is -2.64. The summed E-state index contributed by atoms with van der Waals surface area (Å²) in [7, 11) is 1.52. The fourth-order valence-corrected chi connectivity index (χ4v) is 8.48. The van der Waals surface area contributed by atoms with Crippen LogP contribution in [0.3, 0.4) is 0 Å². The molecule has 4 aliphatic rings. The molecule has 0 heterocycles. The van der Waals surface area contributed by atoms with Crippen molar-refractivity contribution in [3.8, 4) is 0 Å². The zero-order chi connectivity index (χ0) is 25.1. The maximum atomic E-state index is 13.7. The number of methoxy groups -OCH3 is 1. The molecule has 4 aliphatic carbocycles. The molecule has 7 heteroatoms. The van der Waals surface area contributed by atoms with Crippen LogP contribution in [0.15, 0.2) is 23.8 Å². The summed E-state index contributed by atoms with van der Waals surface area (Å²) in [6.45, 7) is 9.23. The van der Waals surface area contributed by atoms with Gasteiger partial charge in [0.25, 0.3) is 0 Å². The van der Waals surface area contributed by atoms with Crippen LogP contribution < -0.4 is 0 Å². The molecule has 0 saturated heterocycles. The highest BCUT2D eigenvalue weighted by molar-refractivity contribution is 6.01. The highest BCUT2D eigenvalue weighted by Gasteiger charge is 2.72. The topological polar surface area (TPSA) is 99.1 Å². The molecule has 9 atom stereocenters. The number of carbonyl (C=O) groups is 3. The van der Waals surface area contributed by atoms with Gasteiger partial charge in [-0.25, -0.2) is 0 Å². The number of esters is 1. The Morgan fingerprint density at radius 2 is 1.91 bits per heavy atom. The largest absolute Gasteiger partial charge is 0.458 e. The molecule has 3 saturated carbocycles. The second-order valence-electron chi connectivity index (χ2n) is 11.4. The summed E-state index contributed by atoms with van der Waals surface area (Å²) in [5.41, 5.74) is -1.19. The summed E-state index contributed by atoms with van der Waals surface area (Å²) >= 11 is 0. The first kappa shape index (κ1) is 25.3. The second-order valence-corrected chi connectivity index (χ2v) is 11.4. The van der Waals surface area contributed by atoms with Crippen LogP contribution in [-0.4, -0.2) is 54.9 Å². The number of ether oxygens (including phenoxy) is 3. The van der Waals surface area contributed by atoms with E-state index < -0.39 is 28.5 Å². The van der Waals surface area contributed by atoms with Gasteiger partial charge >= 0.3 is 5.97 Å². The number of Topliss-reactive ketones (excluding diaryl/α,β-unsaturated/α-hetero) is 1. The van der Waals surface area contributed by atoms with Crippen LogP contribution in [-0.2, 0) is 28.6 Å². The van der Waals surface area contributed by atoms with E-state index in [4.69, 9.17) is 14.2 Å². The molecule has 4 rings (SSSR count). The average Bonchev–Trinajstić information content (AvgIpc) is 2.98. The number of hydrogen-bond acceptors (Lipinski definition) is 7. The summed E-state index contributed by atoms with van der Waals surface area (Å²) in [5.74, 6) is -0.509. The van der Waals surface area contributed by atoms with Crippen LogP contribution in [0, 0.1) is 40.4 Å². The number of hydrogen-bond donors (Lipinski definition) is 1. The Bertz CT molecular complexity index is 937. The van der Waals surface area contributed by atoms with Gasteiger partial charge in [0.15, 0.2) is 12.4 Å². The van der Waals surface area contributed by atoms with Gasteiger partial charge in [0, 0.05) is 30.8 Å². The summed E-state index contributed by atoms with van der Waals surface area (Å²) in [6, 6.07) is 0. The zero-order valence-corrected chi connectivity index (χ0v) is 21.1. The normalized spacial score (nSPS) is 45.1. The van der Waals surface area contributed by atoms with Gasteiger partial charge in [-0.2, -0.15) is 0 Å². The van der Waals surface area contributed by atoms with Gasteiger partial charge in [0.05, 0.1) is 6.10 Å². The second kappa shape index (κ2) is 8.68. The highest BCUT2D eigenvalue weighted by Crippen LogP contribution is 2.69. The summed E-state index contributed by atoms with van der Waals surface area (Å²) in [5, 5.41) is 11.7. The summed E-state index contributed by atoms with van der Waals surface area (Å²) in [6.07, 6.45) is 6.70. The average molecular weight is 475 g/mol. The molecule has 188 valence electrons. The third-order valence-electron chi connectivity index (χ3n) is 9.58. The Morgan fingerprint density at radius 3 is 2.56 bits per heavy atom. The number of carbonyl (C=O) groups excluding carboxylic acids is 3. The third kappa shape index (κ3) is 3.46. The SMILES string of the molecule is COCO[C@]1(C(=O)COC(C)=O)[C@@H](C)C[C@H]2[C@@H]3C[C@H](C)C4=CC(=O)C=C[C@]4(C)[C@H]3[C@@H](O)C[C@@]21C. The fourth-order valence-electron chi connectivity index (χ4n) is 8.48. The number of allylic oxidation sites excluding steroid dienone is 4. The molecule has 7 nitrogen and oxygen atoms in total. The smallest absolute Gasteiger partial charge is 0.303 e. The van der Waals surface area contributed by atoms with E-state index in [1.165, 1.54) is 14.0 Å². The molecule has 0 radical (unpaired) electrons. The van der Waals surface area contributed by atoms with Gasteiger partial charge in [-0.1, -0.05) is 39.3 Å². The van der Waals surface area contributed by atoms with Crippen molar-refractivity contribution >= 4 is 17.5 Å². The number of ketones is 2.